The number of rotatable bonds is 4. The van der Waals surface area contributed by atoms with Crippen LogP contribution in [0.2, 0.25) is 0 Å². The Morgan fingerprint density at radius 1 is 1.26 bits per heavy atom. The molecule has 3 heterocycles. The molecule has 0 saturated carbocycles. The fourth-order valence-corrected chi connectivity index (χ4v) is 3.03. The van der Waals surface area contributed by atoms with Crippen LogP contribution < -0.4 is 11.4 Å². The summed E-state index contributed by atoms with van der Waals surface area (Å²) in [5.41, 5.74) is 6.99. The van der Waals surface area contributed by atoms with Gasteiger partial charge in [0.2, 0.25) is 0 Å². The summed E-state index contributed by atoms with van der Waals surface area (Å²) in [4.78, 5) is 16.1. The lowest BCUT2D eigenvalue weighted by molar-refractivity contribution is -0.0458. The number of anilines is 1. The Labute approximate surface area is 153 Å². The molecule has 27 heavy (non-hydrogen) atoms. The summed E-state index contributed by atoms with van der Waals surface area (Å²) in [5, 5.41) is 27.3. The first kappa shape index (κ1) is 17.3. The maximum absolute atomic E-state index is 12.2. The SMILES string of the molecule is Nc1nc(=O)n([C@H]2C[C@H](O)[C@@H](CO)O2)cc1-c1cn(-c2ccccc2)nn1. The number of aromatic nitrogens is 5. The van der Waals surface area contributed by atoms with E-state index >= 15 is 0 Å². The maximum atomic E-state index is 12.2. The molecule has 4 rings (SSSR count). The van der Waals surface area contributed by atoms with Crippen LogP contribution in [-0.2, 0) is 4.74 Å². The zero-order valence-electron chi connectivity index (χ0n) is 14.2. The van der Waals surface area contributed by atoms with Crippen molar-refractivity contribution in [1.29, 1.82) is 0 Å². The third-order valence-electron chi connectivity index (χ3n) is 4.47. The summed E-state index contributed by atoms with van der Waals surface area (Å²) in [5.74, 6) is 0.0219. The smallest absolute Gasteiger partial charge is 0.351 e. The Kier molecular flexibility index (Phi) is 4.44. The highest BCUT2D eigenvalue weighted by Gasteiger charge is 2.35. The van der Waals surface area contributed by atoms with Gasteiger partial charge in [0.15, 0.2) is 0 Å². The average molecular weight is 370 g/mol. The first-order chi connectivity index (χ1) is 13.1. The quantitative estimate of drug-likeness (QED) is 0.569. The third kappa shape index (κ3) is 3.21. The summed E-state index contributed by atoms with van der Waals surface area (Å²) in [6.07, 6.45) is 0.960. The Balaban J connectivity index is 1.70. The number of ether oxygens (including phenoxy) is 1. The third-order valence-corrected chi connectivity index (χ3v) is 4.47. The zero-order chi connectivity index (χ0) is 19.0. The molecule has 3 atom stereocenters. The molecule has 0 unspecified atom stereocenters. The Bertz CT molecular complexity index is 1000. The van der Waals surface area contributed by atoms with Crippen LogP contribution in [0.4, 0.5) is 5.82 Å². The number of para-hydroxylation sites is 1. The van der Waals surface area contributed by atoms with Crippen molar-refractivity contribution in [2.45, 2.75) is 24.9 Å². The highest BCUT2D eigenvalue weighted by Crippen LogP contribution is 2.29. The van der Waals surface area contributed by atoms with Crippen LogP contribution in [0.1, 0.15) is 12.6 Å². The molecule has 0 aliphatic carbocycles. The van der Waals surface area contributed by atoms with E-state index in [0.717, 1.165) is 5.69 Å². The molecule has 3 aromatic rings. The summed E-state index contributed by atoms with van der Waals surface area (Å²) >= 11 is 0. The van der Waals surface area contributed by atoms with Crippen molar-refractivity contribution in [2.24, 2.45) is 0 Å². The van der Waals surface area contributed by atoms with Crippen molar-refractivity contribution < 1.29 is 14.9 Å². The van der Waals surface area contributed by atoms with Gasteiger partial charge in [0, 0.05) is 12.6 Å². The molecule has 1 saturated heterocycles. The van der Waals surface area contributed by atoms with Crippen LogP contribution in [0.3, 0.4) is 0 Å². The van der Waals surface area contributed by atoms with E-state index in [2.05, 4.69) is 15.3 Å². The summed E-state index contributed by atoms with van der Waals surface area (Å²) in [7, 11) is 0. The molecule has 2 aromatic heterocycles. The second-order valence-corrected chi connectivity index (χ2v) is 6.23. The molecule has 140 valence electrons. The average Bonchev–Trinajstić information content (AvgIpc) is 3.29. The van der Waals surface area contributed by atoms with E-state index in [1.807, 2.05) is 30.3 Å². The summed E-state index contributed by atoms with van der Waals surface area (Å²) in [6, 6.07) is 9.42. The van der Waals surface area contributed by atoms with Crippen molar-refractivity contribution in [3.63, 3.8) is 0 Å². The topological polar surface area (TPSA) is 141 Å². The molecule has 10 heteroatoms. The molecule has 1 fully saturated rings. The van der Waals surface area contributed by atoms with Gasteiger partial charge in [0.25, 0.3) is 0 Å². The number of benzene rings is 1. The first-order valence-corrected chi connectivity index (χ1v) is 8.38. The van der Waals surface area contributed by atoms with Crippen LogP contribution in [0.25, 0.3) is 16.9 Å². The number of hydrogen-bond donors (Lipinski definition) is 3. The predicted molar refractivity (Wildman–Crippen MR) is 94.9 cm³/mol. The first-order valence-electron chi connectivity index (χ1n) is 8.38. The van der Waals surface area contributed by atoms with Crippen LogP contribution >= 0.6 is 0 Å². The van der Waals surface area contributed by atoms with Gasteiger partial charge >= 0.3 is 5.69 Å². The van der Waals surface area contributed by atoms with Gasteiger partial charge in [-0.05, 0) is 12.1 Å². The second kappa shape index (κ2) is 6.91. The maximum Gasteiger partial charge on any atom is 0.351 e. The van der Waals surface area contributed by atoms with Gasteiger partial charge in [-0.15, -0.1) is 5.10 Å². The minimum Gasteiger partial charge on any atom is -0.394 e. The number of hydrogen-bond acceptors (Lipinski definition) is 8. The van der Waals surface area contributed by atoms with Gasteiger partial charge in [-0.3, -0.25) is 4.57 Å². The van der Waals surface area contributed by atoms with E-state index in [9.17, 15) is 15.0 Å². The van der Waals surface area contributed by atoms with Gasteiger partial charge in [0.1, 0.15) is 23.8 Å². The zero-order valence-corrected chi connectivity index (χ0v) is 14.2. The molecule has 4 N–H and O–H groups in total. The van der Waals surface area contributed by atoms with Crippen molar-refractivity contribution >= 4 is 5.82 Å². The van der Waals surface area contributed by atoms with Gasteiger partial charge < -0.3 is 20.7 Å². The molecule has 0 bridgehead atoms. The van der Waals surface area contributed by atoms with E-state index in [1.54, 1.807) is 10.9 Å². The van der Waals surface area contributed by atoms with E-state index in [1.165, 1.54) is 10.8 Å². The van der Waals surface area contributed by atoms with E-state index in [0.29, 0.717) is 11.3 Å². The molecule has 1 aromatic carbocycles. The predicted octanol–water partition coefficient (Wildman–Crippen LogP) is -0.286. The molecule has 1 aliphatic rings. The number of aliphatic hydroxyl groups excluding tert-OH is 2. The van der Waals surface area contributed by atoms with E-state index in [4.69, 9.17) is 10.5 Å². The molecule has 0 amide bonds. The lowest BCUT2D eigenvalue weighted by Gasteiger charge is -2.15. The van der Waals surface area contributed by atoms with Crippen molar-refractivity contribution in [3.8, 4) is 16.9 Å². The summed E-state index contributed by atoms with van der Waals surface area (Å²) in [6.45, 7) is -0.340. The highest BCUT2D eigenvalue weighted by atomic mass is 16.5. The molecule has 10 nitrogen and oxygen atoms in total. The highest BCUT2D eigenvalue weighted by molar-refractivity contribution is 5.69. The van der Waals surface area contributed by atoms with Crippen molar-refractivity contribution in [2.75, 3.05) is 12.3 Å². The minimum atomic E-state index is -0.869. The Hall–Kier alpha value is -3.08. The minimum absolute atomic E-state index is 0.0219. The van der Waals surface area contributed by atoms with Crippen LogP contribution in [-0.4, -0.2) is 53.6 Å². The molecular formula is C17H18N6O4. The van der Waals surface area contributed by atoms with E-state index < -0.39 is 24.1 Å². The standard InChI is InChI=1S/C17H18N6O4/c18-16-11(12-8-23(21-20-12)10-4-2-1-3-5-10)7-22(17(26)19-16)15-6-13(25)14(9-24)27-15/h1-5,7-8,13-15,24-25H,6,9H2,(H2,18,19,26)/t13-,14+,15+/m0/s1. The lowest BCUT2D eigenvalue weighted by Crippen LogP contribution is -2.28. The lowest BCUT2D eigenvalue weighted by atomic mass is 10.2. The number of nitrogens with two attached hydrogens (primary N) is 1. The Morgan fingerprint density at radius 2 is 2.04 bits per heavy atom. The van der Waals surface area contributed by atoms with Crippen LogP contribution in [0.15, 0.2) is 47.5 Å². The second-order valence-electron chi connectivity index (χ2n) is 6.23. The van der Waals surface area contributed by atoms with Crippen LogP contribution in [0.5, 0.6) is 0 Å². The largest absolute Gasteiger partial charge is 0.394 e. The van der Waals surface area contributed by atoms with Crippen molar-refractivity contribution in [1.82, 2.24) is 24.5 Å². The monoisotopic (exact) mass is 370 g/mol. The van der Waals surface area contributed by atoms with Crippen LogP contribution in [0, 0.1) is 0 Å². The fourth-order valence-electron chi connectivity index (χ4n) is 3.03. The molecule has 0 radical (unpaired) electrons. The van der Waals surface area contributed by atoms with Gasteiger partial charge in [-0.2, -0.15) is 4.98 Å². The fraction of sp³-hybridized carbons (Fsp3) is 0.294. The van der Waals surface area contributed by atoms with E-state index in [-0.39, 0.29) is 18.8 Å². The normalized spacial score (nSPS) is 22.2. The summed E-state index contributed by atoms with van der Waals surface area (Å²) < 4.78 is 8.36. The molecule has 1 aliphatic heterocycles. The molecule has 0 spiro atoms. The van der Waals surface area contributed by atoms with Crippen molar-refractivity contribution in [3.05, 3.63) is 53.2 Å². The Morgan fingerprint density at radius 3 is 2.74 bits per heavy atom. The number of aliphatic hydroxyl groups is 2. The van der Waals surface area contributed by atoms with Gasteiger partial charge in [0.05, 0.1) is 30.2 Å². The number of nitrogens with zero attached hydrogens (tertiary/aromatic N) is 5. The number of nitrogen functional groups attached to an aromatic ring is 1. The van der Waals surface area contributed by atoms with Gasteiger partial charge in [-0.1, -0.05) is 23.4 Å². The van der Waals surface area contributed by atoms with Gasteiger partial charge in [-0.25, -0.2) is 9.48 Å². The molecular weight excluding hydrogens is 352 g/mol.